The van der Waals surface area contributed by atoms with Gasteiger partial charge in [-0.25, -0.2) is 0 Å². The van der Waals surface area contributed by atoms with Crippen molar-refractivity contribution in [3.63, 3.8) is 0 Å². The molecule has 0 aliphatic carbocycles. The fraction of sp³-hybridized carbons (Fsp3) is 0.611. The van der Waals surface area contributed by atoms with Gasteiger partial charge in [0.25, 0.3) is 5.91 Å². The van der Waals surface area contributed by atoms with E-state index in [1.165, 1.54) is 0 Å². The Morgan fingerprint density at radius 1 is 1.44 bits per heavy atom. The maximum atomic E-state index is 12.5. The van der Waals surface area contributed by atoms with E-state index in [9.17, 15) is 14.7 Å². The smallest absolute Gasteiger partial charge is 0.272 e. The van der Waals surface area contributed by atoms with Crippen LogP contribution in [0.1, 0.15) is 43.6 Å². The Morgan fingerprint density at radius 3 is 2.84 bits per heavy atom. The predicted molar refractivity (Wildman–Crippen MR) is 94.7 cm³/mol. The van der Waals surface area contributed by atoms with Crippen molar-refractivity contribution in [2.45, 2.75) is 51.3 Å². The lowest BCUT2D eigenvalue weighted by Crippen LogP contribution is -2.51. The lowest BCUT2D eigenvalue weighted by molar-refractivity contribution is -0.124. The van der Waals surface area contributed by atoms with E-state index in [1.54, 1.807) is 29.3 Å². The van der Waals surface area contributed by atoms with Crippen LogP contribution < -0.4 is 11.1 Å². The highest BCUT2D eigenvalue weighted by Gasteiger charge is 2.30. The Hall–Kier alpha value is -1.99. The van der Waals surface area contributed by atoms with Crippen LogP contribution in [0.3, 0.4) is 0 Å². The van der Waals surface area contributed by atoms with E-state index in [1.807, 2.05) is 13.8 Å². The molecule has 2 rings (SSSR count). The number of pyridine rings is 1. The molecule has 3 atom stereocenters. The molecule has 1 aromatic heterocycles. The summed E-state index contributed by atoms with van der Waals surface area (Å²) >= 11 is 0. The van der Waals surface area contributed by atoms with Crippen LogP contribution in [0.15, 0.2) is 24.4 Å². The summed E-state index contributed by atoms with van der Waals surface area (Å²) < 4.78 is 0. The molecule has 0 radical (unpaired) electrons. The Kier molecular flexibility index (Phi) is 6.90. The van der Waals surface area contributed by atoms with Gasteiger partial charge in [0.1, 0.15) is 5.69 Å². The summed E-state index contributed by atoms with van der Waals surface area (Å²) in [5, 5.41) is 13.3. The third kappa shape index (κ3) is 5.51. The molecule has 0 saturated carbocycles. The first-order chi connectivity index (χ1) is 11.9. The van der Waals surface area contributed by atoms with Gasteiger partial charge in [-0.15, -0.1) is 0 Å². The maximum absolute atomic E-state index is 12.5. The van der Waals surface area contributed by atoms with Crippen LogP contribution in [0.4, 0.5) is 0 Å². The summed E-state index contributed by atoms with van der Waals surface area (Å²) in [7, 11) is 0. The third-order valence-electron chi connectivity index (χ3n) is 4.38. The highest BCUT2D eigenvalue weighted by Crippen LogP contribution is 2.15. The van der Waals surface area contributed by atoms with E-state index in [4.69, 9.17) is 5.73 Å². The van der Waals surface area contributed by atoms with Crippen LogP contribution in [-0.4, -0.2) is 58.1 Å². The zero-order valence-electron chi connectivity index (χ0n) is 14.9. The molecular formula is C18H28N4O3. The van der Waals surface area contributed by atoms with Crippen molar-refractivity contribution in [2.24, 2.45) is 11.7 Å². The fourth-order valence-corrected chi connectivity index (χ4v) is 3.05. The number of likely N-dealkylation sites (tertiary alicyclic amines) is 1. The van der Waals surface area contributed by atoms with E-state index < -0.39 is 18.2 Å². The van der Waals surface area contributed by atoms with Crippen LogP contribution in [0.2, 0.25) is 0 Å². The molecule has 25 heavy (non-hydrogen) atoms. The van der Waals surface area contributed by atoms with Gasteiger partial charge >= 0.3 is 0 Å². The van der Waals surface area contributed by atoms with Crippen LogP contribution in [0, 0.1) is 5.92 Å². The summed E-state index contributed by atoms with van der Waals surface area (Å²) in [4.78, 5) is 30.4. The molecule has 2 unspecified atom stereocenters. The Bertz CT molecular complexity index is 579. The lowest BCUT2D eigenvalue weighted by atomic mass is 10.0. The third-order valence-corrected chi connectivity index (χ3v) is 4.38. The van der Waals surface area contributed by atoms with Gasteiger partial charge in [-0.05, 0) is 37.3 Å². The number of amides is 2. The molecule has 138 valence electrons. The average molecular weight is 348 g/mol. The van der Waals surface area contributed by atoms with Gasteiger partial charge in [-0.1, -0.05) is 19.9 Å². The fourth-order valence-electron chi connectivity index (χ4n) is 3.05. The number of β-amino-alcohol motifs (C(OH)–C–C–N with tert-alkyl or cyclic N) is 1. The number of aliphatic hydroxyl groups is 1. The zero-order valence-corrected chi connectivity index (χ0v) is 14.9. The monoisotopic (exact) mass is 348 g/mol. The minimum atomic E-state index is -0.828. The second-order valence-electron chi connectivity index (χ2n) is 7.03. The van der Waals surface area contributed by atoms with E-state index >= 15 is 0 Å². The largest absolute Gasteiger partial charge is 0.389 e. The summed E-state index contributed by atoms with van der Waals surface area (Å²) in [6.45, 7) is 4.71. The first-order valence-corrected chi connectivity index (χ1v) is 8.82. The minimum Gasteiger partial charge on any atom is -0.389 e. The van der Waals surface area contributed by atoms with Gasteiger partial charge in [-0.2, -0.15) is 0 Å². The number of hydrogen-bond acceptors (Lipinski definition) is 5. The molecule has 1 aliphatic heterocycles. The molecule has 2 heterocycles. The average Bonchev–Trinajstić information content (AvgIpc) is 2.76. The van der Waals surface area contributed by atoms with Gasteiger partial charge in [0.05, 0.1) is 18.2 Å². The molecule has 1 aliphatic rings. The molecule has 2 amide bonds. The number of carbonyl (C=O) groups is 2. The van der Waals surface area contributed by atoms with Gasteiger partial charge in [-0.3, -0.25) is 14.6 Å². The lowest BCUT2D eigenvalue weighted by Gasteiger charge is -2.26. The molecule has 7 heteroatoms. The van der Waals surface area contributed by atoms with Crippen molar-refractivity contribution in [3.8, 4) is 0 Å². The molecule has 7 nitrogen and oxygen atoms in total. The molecule has 1 saturated heterocycles. The van der Waals surface area contributed by atoms with Crippen molar-refractivity contribution in [1.29, 1.82) is 0 Å². The molecule has 1 aromatic rings. The highest BCUT2D eigenvalue weighted by molar-refractivity contribution is 5.92. The first kappa shape index (κ1) is 19.3. The van der Waals surface area contributed by atoms with E-state index in [2.05, 4.69) is 10.3 Å². The molecule has 0 aromatic carbocycles. The number of nitrogens with one attached hydrogen (secondary N) is 1. The molecule has 1 fully saturated rings. The SMILES string of the molecule is CC(C)CC(N)C(=O)NC1CCCN(C(=O)c2ccccn2)C[C@@H]1O. The topological polar surface area (TPSA) is 109 Å². The zero-order chi connectivity index (χ0) is 18.4. The van der Waals surface area contributed by atoms with Gasteiger partial charge < -0.3 is 21.1 Å². The number of carbonyl (C=O) groups excluding carboxylic acids is 2. The predicted octanol–water partition coefficient (Wildman–Crippen LogP) is 0.537. The minimum absolute atomic E-state index is 0.166. The van der Waals surface area contributed by atoms with Crippen molar-refractivity contribution < 1.29 is 14.7 Å². The summed E-state index contributed by atoms with van der Waals surface area (Å²) in [5.74, 6) is -0.128. The van der Waals surface area contributed by atoms with Crippen molar-refractivity contribution in [2.75, 3.05) is 13.1 Å². The molecule has 0 spiro atoms. The summed E-state index contributed by atoms with van der Waals surface area (Å²) in [5.41, 5.74) is 6.26. The normalized spacial score (nSPS) is 22.4. The Morgan fingerprint density at radius 2 is 2.20 bits per heavy atom. The molecule has 0 bridgehead atoms. The van der Waals surface area contributed by atoms with Gasteiger partial charge in [0.2, 0.25) is 5.91 Å². The standard InChI is InChI=1S/C18H28N4O3/c1-12(2)10-13(19)17(24)21-14-7-5-9-22(11-16(14)23)18(25)15-6-3-4-8-20-15/h3-4,6,8,12-14,16,23H,5,7,9-11,19H2,1-2H3,(H,21,24)/t13?,14?,16-/m0/s1. The highest BCUT2D eigenvalue weighted by atomic mass is 16.3. The van der Waals surface area contributed by atoms with Crippen molar-refractivity contribution in [1.82, 2.24) is 15.2 Å². The van der Waals surface area contributed by atoms with E-state index in [-0.39, 0.29) is 18.4 Å². The van der Waals surface area contributed by atoms with Crippen LogP contribution in [0.25, 0.3) is 0 Å². The Labute approximate surface area is 148 Å². The van der Waals surface area contributed by atoms with E-state index in [0.717, 1.165) is 0 Å². The van der Waals surface area contributed by atoms with Crippen LogP contribution in [0.5, 0.6) is 0 Å². The second-order valence-corrected chi connectivity index (χ2v) is 7.03. The second kappa shape index (κ2) is 8.92. The molecule has 4 N–H and O–H groups in total. The van der Waals surface area contributed by atoms with Crippen LogP contribution in [-0.2, 0) is 4.79 Å². The maximum Gasteiger partial charge on any atom is 0.272 e. The van der Waals surface area contributed by atoms with E-state index in [0.29, 0.717) is 37.4 Å². The number of nitrogens with two attached hydrogens (primary N) is 1. The number of rotatable bonds is 5. The Balaban J connectivity index is 1.95. The quantitative estimate of drug-likeness (QED) is 0.719. The summed E-state index contributed by atoms with van der Waals surface area (Å²) in [6, 6.07) is 4.19. The number of aromatic nitrogens is 1. The summed E-state index contributed by atoms with van der Waals surface area (Å²) in [6.07, 6.45) is 2.64. The number of nitrogens with zero attached hydrogens (tertiary/aromatic N) is 2. The van der Waals surface area contributed by atoms with Gasteiger partial charge in [0.15, 0.2) is 0 Å². The van der Waals surface area contributed by atoms with Gasteiger partial charge in [0, 0.05) is 19.3 Å². The number of aliphatic hydroxyl groups excluding tert-OH is 1. The molecular weight excluding hydrogens is 320 g/mol. The van der Waals surface area contributed by atoms with Crippen LogP contribution >= 0.6 is 0 Å². The van der Waals surface area contributed by atoms with Crippen molar-refractivity contribution in [3.05, 3.63) is 30.1 Å². The first-order valence-electron chi connectivity index (χ1n) is 8.82. The number of hydrogen-bond donors (Lipinski definition) is 3. The van der Waals surface area contributed by atoms with Crippen molar-refractivity contribution >= 4 is 11.8 Å².